The molecule has 2 N–H and O–H groups in total. The summed E-state index contributed by atoms with van der Waals surface area (Å²) in [5, 5.41) is 11.8. The molecule has 2 heterocycles. The van der Waals surface area contributed by atoms with Gasteiger partial charge in [-0.3, -0.25) is 4.79 Å². The number of nitrogens with one attached hydrogen (secondary N) is 1. The summed E-state index contributed by atoms with van der Waals surface area (Å²) < 4.78 is 5.23. The number of likely N-dealkylation sites (tertiary alicyclic amines) is 1. The van der Waals surface area contributed by atoms with Crippen LogP contribution >= 0.6 is 0 Å². The van der Waals surface area contributed by atoms with E-state index in [0.717, 1.165) is 12.8 Å². The Morgan fingerprint density at radius 1 is 1.33 bits per heavy atom. The summed E-state index contributed by atoms with van der Waals surface area (Å²) in [7, 11) is 0. The highest BCUT2D eigenvalue weighted by atomic mass is 16.5. The molecule has 18 heavy (non-hydrogen) atoms. The number of ether oxygens (including phenoxy) is 1. The van der Waals surface area contributed by atoms with Crippen molar-refractivity contribution in [3.8, 4) is 0 Å². The molecule has 2 aliphatic rings. The molecule has 1 atom stereocenters. The van der Waals surface area contributed by atoms with E-state index in [9.17, 15) is 9.59 Å². The van der Waals surface area contributed by atoms with Crippen LogP contribution in [0.15, 0.2) is 0 Å². The van der Waals surface area contributed by atoms with Gasteiger partial charge in [-0.1, -0.05) is 6.92 Å². The zero-order valence-corrected chi connectivity index (χ0v) is 10.6. The molecule has 0 aliphatic carbocycles. The number of carboxylic acid groups (broad SMARTS) is 1. The van der Waals surface area contributed by atoms with Crippen molar-refractivity contribution in [1.29, 1.82) is 0 Å². The van der Waals surface area contributed by atoms with E-state index in [0.29, 0.717) is 26.3 Å². The number of amides is 2. The molecule has 2 aliphatic heterocycles. The van der Waals surface area contributed by atoms with E-state index in [1.165, 1.54) is 0 Å². The maximum absolute atomic E-state index is 11.9. The van der Waals surface area contributed by atoms with Gasteiger partial charge in [-0.05, 0) is 12.8 Å². The average molecular weight is 256 g/mol. The molecule has 0 radical (unpaired) electrons. The predicted molar refractivity (Wildman–Crippen MR) is 64.2 cm³/mol. The van der Waals surface area contributed by atoms with Crippen LogP contribution in [0.5, 0.6) is 0 Å². The van der Waals surface area contributed by atoms with Crippen molar-refractivity contribution in [2.45, 2.75) is 25.8 Å². The van der Waals surface area contributed by atoms with Gasteiger partial charge < -0.3 is 20.1 Å². The summed E-state index contributed by atoms with van der Waals surface area (Å²) in [6, 6.07) is 0.123. The van der Waals surface area contributed by atoms with Crippen LogP contribution in [0, 0.1) is 11.8 Å². The van der Waals surface area contributed by atoms with E-state index >= 15 is 0 Å². The minimum Gasteiger partial charge on any atom is -0.481 e. The van der Waals surface area contributed by atoms with Crippen LogP contribution in [0.1, 0.15) is 19.8 Å². The minimum atomic E-state index is -0.788. The fourth-order valence-electron chi connectivity index (χ4n) is 2.30. The Bertz CT molecular complexity index is 322. The summed E-state index contributed by atoms with van der Waals surface area (Å²) in [6.45, 7) is 4.18. The van der Waals surface area contributed by atoms with Gasteiger partial charge in [0.05, 0.1) is 5.92 Å². The Morgan fingerprint density at radius 3 is 2.50 bits per heavy atom. The SMILES string of the molecule is CC(C(=O)O)C1CN(C(=O)NC2CCOCC2)C1. The van der Waals surface area contributed by atoms with E-state index in [1.807, 2.05) is 0 Å². The smallest absolute Gasteiger partial charge is 0.317 e. The molecule has 2 amide bonds. The third-order valence-corrected chi connectivity index (χ3v) is 3.84. The molecule has 102 valence electrons. The molecular weight excluding hydrogens is 236 g/mol. The minimum absolute atomic E-state index is 0.0734. The maximum atomic E-state index is 11.9. The Kier molecular flexibility index (Phi) is 4.06. The van der Waals surface area contributed by atoms with Gasteiger partial charge >= 0.3 is 12.0 Å². The highest BCUT2D eigenvalue weighted by Crippen LogP contribution is 2.24. The summed E-state index contributed by atoms with van der Waals surface area (Å²) in [5.74, 6) is -1.08. The van der Waals surface area contributed by atoms with E-state index < -0.39 is 5.97 Å². The second kappa shape index (κ2) is 5.56. The molecule has 2 rings (SSSR count). The fourth-order valence-corrected chi connectivity index (χ4v) is 2.30. The molecule has 6 heteroatoms. The molecule has 6 nitrogen and oxygen atoms in total. The third-order valence-electron chi connectivity index (χ3n) is 3.84. The van der Waals surface area contributed by atoms with Crippen LogP contribution in [0.4, 0.5) is 4.79 Å². The summed E-state index contributed by atoms with van der Waals surface area (Å²) in [5.41, 5.74) is 0. The number of carbonyl (C=O) groups excluding carboxylic acids is 1. The van der Waals surface area contributed by atoms with Crippen molar-refractivity contribution in [3.63, 3.8) is 0 Å². The number of hydrogen-bond donors (Lipinski definition) is 2. The number of nitrogens with zero attached hydrogens (tertiary/aromatic N) is 1. The first-order valence-corrected chi connectivity index (χ1v) is 6.44. The molecule has 0 bridgehead atoms. The van der Waals surface area contributed by atoms with Crippen molar-refractivity contribution >= 4 is 12.0 Å². The number of urea groups is 1. The summed E-state index contributed by atoms with van der Waals surface area (Å²) >= 11 is 0. The lowest BCUT2D eigenvalue weighted by Gasteiger charge is -2.41. The van der Waals surface area contributed by atoms with Crippen LogP contribution in [0.3, 0.4) is 0 Å². The molecule has 0 spiro atoms. The second-order valence-electron chi connectivity index (χ2n) is 5.13. The molecule has 0 saturated carbocycles. The number of rotatable bonds is 3. The van der Waals surface area contributed by atoms with E-state index in [2.05, 4.69) is 5.32 Å². The Hall–Kier alpha value is -1.30. The largest absolute Gasteiger partial charge is 0.481 e. The van der Waals surface area contributed by atoms with E-state index in [1.54, 1.807) is 11.8 Å². The lowest BCUT2D eigenvalue weighted by atomic mass is 9.87. The molecule has 1 unspecified atom stereocenters. The third kappa shape index (κ3) is 2.93. The highest BCUT2D eigenvalue weighted by Gasteiger charge is 2.37. The Morgan fingerprint density at radius 2 is 1.94 bits per heavy atom. The van der Waals surface area contributed by atoms with Crippen molar-refractivity contribution < 1.29 is 19.4 Å². The van der Waals surface area contributed by atoms with Gasteiger partial charge in [0, 0.05) is 38.3 Å². The van der Waals surface area contributed by atoms with Crippen molar-refractivity contribution in [3.05, 3.63) is 0 Å². The first-order valence-electron chi connectivity index (χ1n) is 6.44. The average Bonchev–Trinajstić information content (AvgIpc) is 2.28. The zero-order valence-electron chi connectivity index (χ0n) is 10.6. The van der Waals surface area contributed by atoms with Crippen molar-refractivity contribution in [1.82, 2.24) is 10.2 Å². The second-order valence-corrected chi connectivity index (χ2v) is 5.13. The van der Waals surface area contributed by atoms with Gasteiger partial charge in [0.2, 0.25) is 0 Å². The lowest BCUT2D eigenvalue weighted by molar-refractivity contribution is -0.144. The number of carboxylic acids is 1. The quantitative estimate of drug-likeness (QED) is 0.772. The molecule has 2 saturated heterocycles. The zero-order chi connectivity index (χ0) is 13.1. The molecule has 0 aromatic carbocycles. The van der Waals surface area contributed by atoms with Crippen molar-refractivity contribution in [2.75, 3.05) is 26.3 Å². The first kappa shape index (κ1) is 13.1. The summed E-state index contributed by atoms with van der Waals surface area (Å²) in [4.78, 5) is 24.3. The van der Waals surface area contributed by atoms with Gasteiger partial charge in [0.15, 0.2) is 0 Å². The van der Waals surface area contributed by atoms with Gasteiger partial charge in [0.1, 0.15) is 0 Å². The number of aliphatic carboxylic acids is 1. The van der Waals surface area contributed by atoms with Crippen molar-refractivity contribution in [2.24, 2.45) is 11.8 Å². The van der Waals surface area contributed by atoms with Gasteiger partial charge in [-0.15, -0.1) is 0 Å². The van der Waals surface area contributed by atoms with Crippen LogP contribution in [0.2, 0.25) is 0 Å². The normalized spacial score (nSPS) is 23.3. The molecule has 2 fully saturated rings. The van der Waals surface area contributed by atoms with Gasteiger partial charge in [-0.25, -0.2) is 4.79 Å². The van der Waals surface area contributed by atoms with Gasteiger partial charge in [-0.2, -0.15) is 0 Å². The molecule has 0 aromatic rings. The maximum Gasteiger partial charge on any atom is 0.317 e. The highest BCUT2D eigenvalue weighted by molar-refractivity contribution is 5.76. The number of carbonyl (C=O) groups is 2. The Labute approximate surface area is 106 Å². The lowest BCUT2D eigenvalue weighted by Crippen LogP contribution is -2.58. The number of hydrogen-bond acceptors (Lipinski definition) is 3. The van der Waals surface area contributed by atoms with Crippen LogP contribution in [-0.4, -0.2) is 54.4 Å². The van der Waals surface area contributed by atoms with Crippen LogP contribution < -0.4 is 5.32 Å². The van der Waals surface area contributed by atoms with Crippen LogP contribution in [0.25, 0.3) is 0 Å². The first-order chi connectivity index (χ1) is 8.58. The predicted octanol–water partition coefficient (Wildman–Crippen LogP) is 0.527. The molecule has 0 aromatic heterocycles. The fraction of sp³-hybridized carbons (Fsp3) is 0.833. The van der Waals surface area contributed by atoms with Gasteiger partial charge in [0.25, 0.3) is 0 Å². The Balaban J connectivity index is 1.71. The topological polar surface area (TPSA) is 78.9 Å². The summed E-state index contributed by atoms with van der Waals surface area (Å²) in [6.07, 6.45) is 1.71. The van der Waals surface area contributed by atoms with Crippen LogP contribution in [-0.2, 0) is 9.53 Å². The van der Waals surface area contributed by atoms with E-state index in [-0.39, 0.29) is 23.9 Å². The monoisotopic (exact) mass is 256 g/mol. The molecular formula is C12H20N2O4. The standard InChI is InChI=1S/C12H20N2O4/c1-8(11(15)16)9-6-14(7-9)12(17)13-10-2-4-18-5-3-10/h8-10H,2-7H2,1H3,(H,13,17)(H,15,16). The van der Waals surface area contributed by atoms with E-state index in [4.69, 9.17) is 9.84 Å².